The number of halogens is 1. The van der Waals surface area contributed by atoms with E-state index in [0.717, 1.165) is 24.8 Å². The Morgan fingerprint density at radius 3 is 2.90 bits per heavy atom. The maximum Gasteiger partial charge on any atom is 0.123 e. The molecule has 1 aliphatic rings. The summed E-state index contributed by atoms with van der Waals surface area (Å²) >= 11 is 0. The molecule has 0 spiro atoms. The van der Waals surface area contributed by atoms with Crippen molar-refractivity contribution in [3.05, 3.63) is 65.0 Å². The maximum absolute atomic E-state index is 13.3. The van der Waals surface area contributed by atoms with Crippen LogP contribution in [-0.2, 0) is 6.42 Å². The molecule has 2 N–H and O–H groups in total. The van der Waals surface area contributed by atoms with E-state index in [1.165, 1.54) is 17.2 Å². The van der Waals surface area contributed by atoms with Gasteiger partial charge in [-0.25, -0.2) is 4.39 Å². The summed E-state index contributed by atoms with van der Waals surface area (Å²) in [6.07, 6.45) is 3.23. The minimum Gasteiger partial charge on any atom is -0.508 e. The Morgan fingerprint density at radius 1 is 1.24 bits per heavy atom. The van der Waals surface area contributed by atoms with Crippen molar-refractivity contribution in [2.75, 3.05) is 0 Å². The van der Waals surface area contributed by atoms with Gasteiger partial charge >= 0.3 is 0 Å². The van der Waals surface area contributed by atoms with Gasteiger partial charge in [0.05, 0.1) is 0 Å². The van der Waals surface area contributed by atoms with Gasteiger partial charge in [0.2, 0.25) is 0 Å². The molecule has 3 heteroatoms. The predicted molar refractivity (Wildman–Crippen MR) is 81.7 cm³/mol. The second-order valence-corrected chi connectivity index (χ2v) is 5.77. The predicted octanol–water partition coefficient (Wildman–Crippen LogP) is 4.26. The molecular weight excluding hydrogens is 265 g/mol. The standard InChI is InChI=1S/C18H20FNO/c1-12(14-5-2-6-15(19)10-14)20-18-7-3-4-13-8-9-16(21)11-17(13)18/h2,5-6,8-12,18,20-21H,3-4,7H2,1H3/t12-,18?/m0/s1. The van der Waals surface area contributed by atoms with Gasteiger partial charge in [-0.2, -0.15) is 0 Å². The molecule has 0 aromatic heterocycles. The van der Waals surface area contributed by atoms with Gasteiger partial charge in [0.15, 0.2) is 0 Å². The highest BCUT2D eigenvalue weighted by Gasteiger charge is 2.22. The van der Waals surface area contributed by atoms with E-state index in [4.69, 9.17) is 0 Å². The van der Waals surface area contributed by atoms with Crippen LogP contribution < -0.4 is 5.32 Å². The molecular formula is C18H20FNO. The third-order valence-electron chi connectivity index (χ3n) is 4.24. The first-order valence-corrected chi connectivity index (χ1v) is 7.47. The summed E-state index contributed by atoms with van der Waals surface area (Å²) in [6.45, 7) is 2.05. The van der Waals surface area contributed by atoms with Crippen LogP contribution in [0.2, 0.25) is 0 Å². The monoisotopic (exact) mass is 285 g/mol. The third-order valence-corrected chi connectivity index (χ3v) is 4.24. The number of benzene rings is 2. The molecule has 0 saturated carbocycles. The number of hydrogen-bond donors (Lipinski definition) is 2. The summed E-state index contributed by atoms with van der Waals surface area (Å²) in [5.41, 5.74) is 3.41. The van der Waals surface area contributed by atoms with Gasteiger partial charge in [0.1, 0.15) is 11.6 Å². The summed E-state index contributed by atoms with van der Waals surface area (Å²) in [6, 6.07) is 12.6. The van der Waals surface area contributed by atoms with E-state index in [0.29, 0.717) is 5.75 Å². The molecule has 1 aliphatic carbocycles. The van der Waals surface area contributed by atoms with Crippen LogP contribution in [0.25, 0.3) is 0 Å². The summed E-state index contributed by atoms with van der Waals surface area (Å²) in [5.74, 6) is 0.101. The second kappa shape index (κ2) is 5.86. The Bertz CT molecular complexity index is 641. The molecule has 2 nitrogen and oxygen atoms in total. The van der Waals surface area contributed by atoms with Crippen molar-refractivity contribution in [1.29, 1.82) is 0 Å². The van der Waals surface area contributed by atoms with Crippen LogP contribution in [-0.4, -0.2) is 5.11 Å². The van der Waals surface area contributed by atoms with E-state index in [-0.39, 0.29) is 17.9 Å². The van der Waals surface area contributed by atoms with Gasteiger partial charge in [0.25, 0.3) is 0 Å². The Hall–Kier alpha value is -1.87. The Kier molecular flexibility index (Phi) is 3.93. The Balaban J connectivity index is 1.81. The molecule has 2 atom stereocenters. The van der Waals surface area contributed by atoms with Gasteiger partial charge in [-0.1, -0.05) is 18.2 Å². The number of hydrogen-bond acceptors (Lipinski definition) is 2. The van der Waals surface area contributed by atoms with E-state index in [1.807, 2.05) is 25.1 Å². The number of phenols is 1. The van der Waals surface area contributed by atoms with Crippen molar-refractivity contribution < 1.29 is 9.50 Å². The van der Waals surface area contributed by atoms with Crippen molar-refractivity contribution in [3.63, 3.8) is 0 Å². The van der Waals surface area contributed by atoms with Crippen molar-refractivity contribution in [2.45, 2.75) is 38.3 Å². The van der Waals surface area contributed by atoms with Crippen LogP contribution in [0.3, 0.4) is 0 Å². The zero-order valence-corrected chi connectivity index (χ0v) is 12.1. The first-order chi connectivity index (χ1) is 10.1. The summed E-state index contributed by atoms with van der Waals surface area (Å²) in [7, 11) is 0. The molecule has 0 aliphatic heterocycles. The lowest BCUT2D eigenvalue weighted by molar-refractivity contribution is 0.410. The molecule has 2 aromatic carbocycles. The van der Waals surface area contributed by atoms with Gasteiger partial charge < -0.3 is 10.4 Å². The first kappa shape index (κ1) is 14.1. The van der Waals surface area contributed by atoms with Crippen molar-refractivity contribution in [3.8, 4) is 5.75 Å². The molecule has 0 heterocycles. The van der Waals surface area contributed by atoms with Gasteiger partial charge in [-0.3, -0.25) is 0 Å². The van der Waals surface area contributed by atoms with Crippen molar-refractivity contribution in [1.82, 2.24) is 5.32 Å². The highest BCUT2D eigenvalue weighted by atomic mass is 19.1. The number of phenolic OH excluding ortho intramolecular Hbond substituents is 1. The van der Waals surface area contributed by atoms with Crippen LogP contribution >= 0.6 is 0 Å². The van der Waals surface area contributed by atoms with Gasteiger partial charge in [0, 0.05) is 12.1 Å². The smallest absolute Gasteiger partial charge is 0.123 e. The van der Waals surface area contributed by atoms with E-state index in [2.05, 4.69) is 5.32 Å². The molecule has 0 saturated heterocycles. The molecule has 0 fully saturated rings. The summed E-state index contributed by atoms with van der Waals surface area (Å²) < 4.78 is 13.3. The topological polar surface area (TPSA) is 32.3 Å². The Labute approximate surface area is 124 Å². The molecule has 21 heavy (non-hydrogen) atoms. The van der Waals surface area contributed by atoms with Crippen molar-refractivity contribution >= 4 is 0 Å². The molecule has 1 unspecified atom stereocenters. The molecule has 110 valence electrons. The summed E-state index contributed by atoms with van der Waals surface area (Å²) in [5, 5.41) is 13.3. The molecule has 0 bridgehead atoms. The number of aromatic hydroxyl groups is 1. The Morgan fingerprint density at radius 2 is 2.10 bits per heavy atom. The van der Waals surface area contributed by atoms with Crippen LogP contribution in [0.5, 0.6) is 5.75 Å². The van der Waals surface area contributed by atoms with E-state index in [9.17, 15) is 9.50 Å². The fraction of sp³-hybridized carbons (Fsp3) is 0.333. The highest BCUT2D eigenvalue weighted by molar-refractivity contribution is 5.38. The molecule has 2 aromatic rings. The normalized spacial score (nSPS) is 19.0. The number of aryl methyl sites for hydroxylation is 1. The maximum atomic E-state index is 13.3. The quantitative estimate of drug-likeness (QED) is 0.883. The van der Waals surface area contributed by atoms with Crippen molar-refractivity contribution in [2.24, 2.45) is 0 Å². The zero-order valence-electron chi connectivity index (χ0n) is 12.1. The van der Waals surface area contributed by atoms with Gasteiger partial charge in [-0.15, -0.1) is 0 Å². The zero-order chi connectivity index (χ0) is 14.8. The van der Waals surface area contributed by atoms with Gasteiger partial charge in [-0.05, 0) is 67.1 Å². The number of fused-ring (bicyclic) bond motifs is 1. The second-order valence-electron chi connectivity index (χ2n) is 5.77. The molecule has 0 radical (unpaired) electrons. The lowest BCUT2D eigenvalue weighted by atomic mass is 9.87. The van der Waals surface area contributed by atoms with E-state index >= 15 is 0 Å². The fourth-order valence-corrected chi connectivity index (χ4v) is 3.13. The number of rotatable bonds is 3. The lowest BCUT2D eigenvalue weighted by Crippen LogP contribution is -2.27. The fourth-order valence-electron chi connectivity index (χ4n) is 3.13. The largest absolute Gasteiger partial charge is 0.508 e. The average Bonchev–Trinajstić information content (AvgIpc) is 2.48. The van der Waals surface area contributed by atoms with Crippen LogP contribution in [0.1, 0.15) is 48.5 Å². The minimum atomic E-state index is -0.206. The summed E-state index contributed by atoms with van der Waals surface area (Å²) in [4.78, 5) is 0. The number of nitrogens with one attached hydrogen (secondary N) is 1. The molecule has 3 rings (SSSR count). The SMILES string of the molecule is C[C@H](NC1CCCc2ccc(O)cc21)c1cccc(F)c1. The van der Waals surface area contributed by atoms with Crippen LogP contribution in [0.15, 0.2) is 42.5 Å². The highest BCUT2D eigenvalue weighted by Crippen LogP contribution is 2.33. The molecule has 0 amide bonds. The van der Waals surface area contributed by atoms with E-state index < -0.39 is 0 Å². The minimum absolute atomic E-state index is 0.0685. The third kappa shape index (κ3) is 3.08. The van der Waals surface area contributed by atoms with Crippen LogP contribution in [0, 0.1) is 5.82 Å². The van der Waals surface area contributed by atoms with E-state index in [1.54, 1.807) is 18.2 Å². The average molecular weight is 285 g/mol. The van der Waals surface area contributed by atoms with Crippen LogP contribution in [0.4, 0.5) is 4.39 Å². The first-order valence-electron chi connectivity index (χ1n) is 7.47. The lowest BCUT2D eigenvalue weighted by Gasteiger charge is -2.29.